The lowest BCUT2D eigenvalue weighted by Gasteiger charge is -2.32. The van der Waals surface area contributed by atoms with E-state index < -0.39 is 116 Å². The van der Waals surface area contributed by atoms with Crippen molar-refractivity contribution in [2.24, 2.45) is 0 Å². The SMILES string of the molecule is Nc1ccn([C@H]2C[C@@H](OP(=O)([O-])OCCCS)[C@@H](COP(=O)([O-])O[C@@H]3C[C@H](n4cnc5c(=O)[nH]c(N)nc54)O[C@@H]3COP(=O)([O-])O[C@@H]3C[C@H](n4cnc5c(N)ncnc54)O[C@@H]3CO)O2)c(=O)n1. The monoisotopic (exact) mass is 1020 g/mol. The number of aliphatic hydroxyl groups excluding tert-OH is 1. The number of thiol groups is 1. The molecule has 0 amide bonds. The van der Waals surface area contributed by atoms with E-state index in [1.54, 1.807) is 0 Å². The zero-order valence-electron chi connectivity index (χ0n) is 34.4. The van der Waals surface area contributed by atoms with E-state index >= 15 is 0 Å². The van der Waals surface area contributed by atoms with Crippen molar-refractivity contribution in [3.8, 4) is 0 Å². The summed E-state index contributed by atoms with van der Waals surface area (Å²) in [4.78, 5) is 91.1. The fraction of sp³-hybridized carbons (Fsp3) is 0.562. The number of anilines is 3. The van der Waals surface area contributed by atoms with Gasteiger partial charge in [-0.1, -0.05) is 0 Å². The van der Waals surface area contributed by atoms with Crippen LogP contribution in [0.25, 0.3) is 22.3 Å². The summed E-state index contributed by atoms with van der Waals surface area (Å²) in [6.07, 6.45) is -7.77. The number of hydrogen-bond donors (Lipinski definition) is 6. The lowest BCUT2D eigenvalue weighted by molar-refractivity contribution is -0.238. The number of fused-ring (bicyclic) bond motifs is 2. The molecule has 0 saturated carbocycles. The van der Waals surface area contributed by atoms with Crippen LogP contribution in [0.5, 0.6) is 0 Å². The van der Waals surface area contributed by atoms with E-state index in [1.165, 1.54) is 34.1 Å². The highest BCUT2D eigenvalue weighted by atomic mass is 32.1. The van der Waals surface area contributed by atoms with Gasteiger partial charge >= 0.3 is 5.69 Å². The van der Waals surface area contributed by atoms with Crippen molar-refractivity contribution in [3.63, 3.8) is 0 Å². The second-order valence-corrected chi connectivity index (χ2v) is 19.5. The summed E-state index contributed by atoms with van der Waals surface area (Å²) in [5.41, 5.74) is 15.9. The predicted octanol–water partition coefficient (Wildman–Crippen LogP) is -2.25. The molecule has 67 heavy (non-hydrogen) atoms. The summed E-state index contributed by atoms with van der Waals surface area (Å²) < 4.78 is 92.3. The van der Waals surface area contributed by atoms with E-state index in [2.05, 4.69) is 47.5 Å². The maximum absolute atomic E-state index is 13.6. The number of nitrogens with zero attached hydrogens (tertiary/aromatic N) is 9. The van der Waals surface area contributed by atoms with Crippen LogP contribution in [0.15, 0.2) is 40.8 Å². The molecule has 8 N–H and O–H groups in total. The highest BCUT2D eigenvalue weighted by Crippen LogP contribution is 2.50. The number of aliphatic hydroxyl groups is 1. The number of nitrogens with two attached hydrogens (primary N) is 3. The Bertz CT molecular complexity index is 2850. The number of phosphoric ester groups is 3. The van der Waals surface area contributed by atoms with Crippen LogP contribution in [0.2, 0.25) is 0 Å². The number of hydrogen-bond acceptors (Lipinski definition) is 28. The first kappa shape index (κ1) is 49.1. The lowest BCUT2D eigenvalue weighted by Crippen LogP contribution is -2.34. The number of nitrogen functional groups attached to an aromatic ring is 3. The largest absolute Gasteiger partial charge is 0.756 e. The van der Waals surface area contributed by atoms with Gasteiger partial charge < -0.3 is 78.3 Å². The Morgan fingerprint density at radius 1 is 0.746 bits per heavy atom. The number of ether oxygens (including phenoxy) is 3. The molecule has 3 aliphatic heterocycles. The third kappa shape index (κ3) is 11.3. The second-order valence-electron chi connectivity index (χ2n) is 15.0. The highest BCUT2D eigenvalue weighted by molar-refractivity contribution is 7.80. The number of aromatic nitrogens is 10. The van der Waals surface area contributed by atoms with Crippen LogP contribution in [0.3, 0.4) is 0 Å². The van der Waals surface area contributed by atoms with Crippen LogP contribution >= 0.6 is 36.1 Å². The third-order valence-electron chi connectivity index (χ3n) is 10.5. The first-order chi connectivity index (χ1) is 31.8. The molecule has 8 rings (SSSR count). The van der Waals surface area contributed by atoms with Crippen molar-refractivity contribution in [1.29, 1.82) is 0 Å². The van der Waals surface area contributed by atoms with Gasteiger partial charge in [0.05, 0.1) is 57.4 Å². The Hall–Kier alpha value is -4.30. The molecule has 0 bridgehead atoms. The third-order valence-corrected chi connectivity index (χ3v) is 13.8. The first-order valence-corrected chi connectivity index (χ1v) is 24.9. The molecule has 8 heterocycles. The summed E-state index contributed by atoms with van der Waals surface area (Å²) >= 11 is 4.01. The van der Waals surface area contributed by atoms with Gasteiger partial charge in [-0.05, 0) is 18.2 Å². The van der Waals surface area contributed by atoms with Crippen LogP contribution in [0.4, 0.5) is 17.6 Å². The van der Waals surface area contributed by atoms with Crippen LogP contribution in [0.1, 0.15) is 44.4 Å². The molecular formula is C32H41N13O18P3S-3. The van der Waals surface area contributed by atoms with E-state index in [4.69, 9.17) is 58.6 Å². The van der Waals surface area contributed by atoms with Gasteiger partial charge in [0.1, 0.15) is 54.7 Å². The Labute approximate surface area is 381 Å². The fourth-order valence-corrected chi connectivity index (χ4v) is 10.4. The number of imidazole rings is 2. The Morgan fingerprint density at radius 2 is 1.28 bits per heavy atom. The topological polar surface area (TPSA) is 444 Å². The molecule has 35 heteroatoms. The molecule has 0 aliphatic carbocycles. The van der Waals surface area contributed by atoms with E-state index in [1.807, 2.05) is 0 Å². The van der Waals surface area contributed by atoms with Crippen molar-refractivity contribution >= 4 is 76.0 Å². The molecule has 3 fully saturated rings. The molecule has 366 valence electrons. The summed E-state index contributed by atoms with van der Waals surface area (Å²) in [5, 5.41) is 10.1. The molecule has 3 saturated heterocycles. The minimum Gasteiger partial charge on any atom is -0.756 e. The zero-order valence-corrected chi connectivity index (χ0v) is 38.0. The fourth-order valence-electron chi connectivity index (χ4n) is 7.45. The molecule has 3 unspecified atom stereocenters. The molecule has 0 radical (unpaired) electrons. The first-order valence-electron chi connectivity index (χ1n) is 19.9. The van der Waals surface area contributed by atoms with Gasteiger partial charge in [-0.15, -0.1) is 0 Å². The molecule has 12 atom stereocenters. The van der Waals surface area contributed by atoms with E-state index in [-0.39, 0.29) is 65.8 Å². The second kappa shape index (κ2) is 20.0. The van der Waals surface area contributed by atoms with E-state index in [9.17, 15) is 43.1 Å². The number of nitrogens with one attached hydrogen (secondary N) is 1. The highest BCUT2D eigenvalue weighted by Gasteiger charge is 2.45. The molecule has 3 aliphatic rings. The molecule has 0 aromatic carbocycles. The predicted molar refractivity (Wildman–Crippen MR) is 222 cm³/mol. The smallest absolute Gasteiger partial charge is 0.351 e. The van der Waals surface area contributed by atoms with Crippen LogP contribution in [-0.2, 0) is 55.0 Å². The number of aromatic amines is 1. The van der Waals surface area contributed by atoms with Gasteiger partial charge in [-0.3, -0.25) is 37.2 Å². The Balaban J connectivity index is 0.979. The average Bonchev–Trinajstić information content (AvgIpc) is 4.10. The minimum atomic E-state index is -5.53. The maximum atomic E-state index is 13.6. The normalized spacial score (nSPS) is 28.2. The van der Waals surface area contributed by atoms with Gasteiger partial charge in [-0.25, -0.2) is 24.7 Å². The molecule has 31 nitrogen and oxygen atoms in total. The molecule has 5 aromatic heterocycles. The lowest BCUT2D eigenvalue weighted by atomic mass is 10.2. The number of rotatable bonds is 20. The van der Waals surface area contributed by atoms with E-state index in [0.717, 1.165) is 10.9 Å². The Morgan fingerprint density at radius 3 is 1.87 bits per heavy atom. The van der Waals surface area contributed by atoms with Crippen LogP contribution in [-0.4, -0.2) is 122 Å². The van der Waals surface area contributed by atoms with Gasteiger partial charge in [0, 0.05) is 25.5 Å². The summed E-state index contributed by atoms with van der Waals surface area (Å²) in [7, 11) is -15.9. The van der Waals surface area contributed by atoms with Crippen molar-refractivity contribution in [3.05, 3.63) is 52.1 Å². The minimum absolute atomic E-state index is 0.0844. The van der Waals surface area contributed by atoms with Gasteiger partial charge in [0.25, 0.3) is 29.0 Å². The van der Waals surface area contributed by atoms with E-state index in [0.29, 0.717) is 5.75 Å². The van der Waals surface area contributed by atoms with Crippen LogP contribution < -0.4 is 43.1 Å². The summed E-state index contributed by atoms with van der Waals surface area (Å²) in [6.45, 7) is -2.83. The van der Waals surface area contributed by atoms with Gasteiger partial charge in [0.15, 0.2) is 22.6 Å². The van der Waals surface area contributed by atoms with Crippen molar-refractivity contribution in [2.75, 3.05) is 49.4 Å². The number of H-pyrrole nitrogens is 1. The van der Waals surface area contributed by atoms with Crippen molar-refractivity contribution in [2.45, 2.75) is 81.0 Å². The zero-order chi connectivity index (χ0) is 47.8. The van der Waals surface area contributed by atoms with Gasteiger partial charge in [0.2, 0.25) is 5.95 Å². The summed E-state index contributed by atoms with van der Waals surface area (Å²) in [5.74, 6) is -0.0265. The standard InChI is InChI=1S/C32H44N13O18P3S/c33-21-2-3-43(32(48)40-21)22-7-16(62-64(49,50)55-4-1-5-67)19(59-22)10-57-66(53,54)63-17-8-24(45-14-39-26-29(45)41-31(35)42-30(26)47)60-20(17)11-56-65(51,52)61-15-6-23(58-18(15)9-46)44-13-38-25-27(34)36-12-37-28(25)44/h2-3,12-20,22-24,46,67H,1,4-11H2,(H,49,50)(H,51,52)(H,53,54)(H2,33,40,48)(H2,34,36,37)(H3,35,41,42,47)/p-3/t15-,16-,17-,18-,19-,20-,22-,23-,24-/m1/s1. The molecule has 0 spiro atoms. The maximum Gasteiger partial charge on any atom is 0.351 e. The Kier molecular flexibility index (Phi) is 14.6. The van der Waals surface area contributed by atoms with Gasteiger partial charge in [-0.2, -0.15) is 22.6 Å². The van der Waals surface area contributed by atoms with Crippen molar-refractivity contribution < 1.29 is 74.8 Å². The average molecular weight is 1020 g/mol. The quantitative estimate of drug-likeness (QED) is 0.0272. The number of phosphoric acid groups is 3. The van der Waals surface area contributed by atoms with Crippen molar-refractivity contribution in [1.82, 2.24) is 48.6 Å². The summed E-state index contributed by atoms with van der Waals surface area (Å²) in [6, 6.07) is 1.27. The molecule has 5 aromatic rings. The van der Waals surface area contributed by atoms with Crippen LogP contribution in [0, 0.1) is 0 Å². The molecular weight excluding hydrogens is 979 g/mol.